The van der Waals surface area contributed by atoms with E-state index in [0.717, 1.165) is 25.7 Å². The maximum absolute atomic E-state index is 12.2. The highest BCUT2D eigenvalue weighted by Crippen LogP contribution is 2.29. The Labute approximate surface area is 119 Å². The first kappa shape index (κ1) is 14.7. The molecule has 0 spiro atoms. The molecule has 0 aromatic heterocycles. The van der Waals surface area contributed by atoms with Crippen molar-refractivity contribution in [1.82, 2.24) is 0 Å². The third-order valence-corrected chi connectivity index (χ3v) is 3.65. The molecule has 1 aliphatic rings. The molecule has 1 saturated carbocycles. The number of nitrogens with two attached hydrogens (primary N) is 1. The number of carbonyl (C=O) groups excluding carboxylic acids is 1. The number of nitrogen functional groups attached to an aromatic ring is 1. The summed E-state index contributed by atoms with van der Waals surface area (Å²) in [6.07, 6.45) is 3.70. The maximum atomic E-state index is 12.2. The highest BCUT2D eigenvalue weighted by Gasteiger charge is 2.26. The molecule has 20 heavy (non-hydrogen) atoms. The Balaban J connectivity index is 2.07. The minimum absolute atomic E-state index is 0.104. The van der Waals surface area contributed by atoms with Crippen molar-refractivity contribution in [3.8, 4) is 5.75 Å². The van der Waals surface area contributed by atoms with Gasteiger partial charge in [0.05, 0.1) is 18.9 Å². The van der Waals surface area contributed by atoms with Crippen LogP contribution in [0.5, 0.6) is 5.75 Å². The van der Waals surface area contributed by atoms with Gasteiger partial charge in [-0.15, -0.1) is 0 Å². The molecule has 2 N–H and O–H groups in total. The van der Waals surface area contributed by atoms with Crippen LogP contribution >= 0.6 is 0 Å². The fourth-order valence-electron chi connectivity index (χ4n) is 2.58. The molecule has 0 aliphatic heterocycles. The number of anilines is 1. The topological polar surface area (TPSA) is 70.8 Å². The Hall–Kier alpha value is -1.75. The second-order valence-electron chi connectivity index (χ2n) is 4.98. The molecular formula is C15H21NO4. The van der Waals surface area contributed by atoms with Crippen molar-refractivity contribution in [3.05, 3.63) is 23.8 Å². The summed E-state index contributed by atoms with van der Waals surface area (Å²) in [5.74, 6) is -0.0208. The zero-order valence-electron chi connectivity index (χ0n) is 11.9. The van der Waals surface area contributed by atoms with Gasteiger partial charge in [0.1, 0.15) is 11.7 Å². The van der Waals surface area contributed by atoms with Gasteiger partial charge in [-0.1, -0.05) is 6.07 Å². The lowest BCUT2D eigenvalue weighted by Crippen LogP contribution is -2.29. The quantitative estimate of drug-likeness (QED) is 0.677. The van der Waals surface area contributed by atoms with Crippen LogP contribution in [-0.4, -0.2) is 32.4 Å². The molecule has 2 unspecified atom stereocenters. The lowest BCUT2D eigenvalue weighted by Gasteiger charge is -2.28. The molecule has 1 aromatic rings. The maximum Gasteiger partial charge on any atom is 0.342 e. The van der Waals surface area contributed by atoms with Gasteiger partial charge in [0, 0.05) is 13.5 Å². The largest absolute Gasteiger partial charge is 0.494 e. The molecule has 5 heteroatoms. The molecule has 5 nitrogen and oxygen atoms in total. The van der Waals surface area contributed by atoms with E-state index in [-0.39, 0.29) is 12.2 Å². The van der Waals surface area contributed by atoms with E-state index in [1.807, 2.05) is 0 Å². The lowest BCUT2D eigenvalue weighted by molar-refractivity contribution is -0.0150. The van der Waals surface area contributed by atoms with E-state index in [1.54, 1.807) is 25.3 Å². The third-order valence-electron chi connectivity index (χ3n) is 3.65. The molecule has 2 atom stereocenters. The van der Waals surface area contributed by atoms with Crippen LogP contribution in [0.3, 0.4) is 0 Å². The minimum Gasteiger partial charge on any atom is -0.494 e. The zero-order valence-corrected chi connectivity index (χ0v) is 11.9. The first-order chi connectivity index (χ1) is 9.65. The number of ether oxygens (including phenoxy) is 3. The summed E-state index contributed by atoms with van der Waals surface area (Å²) in [5, 5.41) is 0. The van der Waals surface area contributed by atoms with Crippen LogP contribution in [0.2, 0.25) is 0 Å². The van der Waals surface area contributed by atoms with Gasteiger partial charge in [-0.25, -0.2) is 4.79 Å². The van der Waals surface area contributed by atoms with Gasteiger partial charge in [-0.2, -0.15) is 0 Å². The number of carbonyl (C=O) groups is 1. The number of rotatable bonds is 4. The number of hydrogen-bond acceptors (Lipinski definition) is 5. The lowest BCUT2D eigenvalue weighted by atomic mass is 9.95. The van der Waals surface area contributed by atoms with E-state index < -0.39 is 5.97 Å². The molecular weight excluding hydrogens is 258 g/mol. The molecule has 110 valence electrons. The highest BCUT2D eigenvalue weighted by molar-refractivity contribution is 5.94. The Kier molecular flexibility index (Phi) is 4.84. The molecule has 2 rings (SSSR count). The van der Waals surface area contributed by atoms with Gasteiger partial charge < -0.3 is 19.9 Å². The molecule has 1 fully saturated rings. The highest BCUT2D eigenvalue weighted by atomic mass is 16.5. The summed E-state index contributed by atoms with van der Waals surface area (Å²) < 4.78 is 16.1. The number of benzene rings is 1. The van der Waals surface area contributed by atoms with Crippen LogP contribution in [0.1, 0.15) is 36.0 Å². The Morgan fingerprint density at radius 1 is 1.25 bits per heavy atom. The van der Waals surface area contributed by atoms with Gasteiger partial charge in [0.2, 0.25) is 0 Å². The number of esters is 1. The number of hydrogen-bond donors (Lipinski definition) is 1. The smallest absolute Gasteiger partial charge is 0.342 e. The molecule has 0 radical (unpaired) electrons. The van der Waals surface area contributed by atoms with Gasteiger partial charge in [-0.3, -0.25) is 0 Å². The van der Waals surface area contributed by atoms with Crippen LogP contribution in [0.25, 0.3) is 0 Å². The molecule has 1 aliphatic carbocycles. The predicted molar refractivity (Wildman–Crippen MR) is 75.9 cm³/mol. The first-order valence-corrected chi connectivity index (χ1v) is 6.82. The second kappa shape index (κ2) is 6.61. The molecule has 0 saturated heterocycles. The van der Waals surface area contributed by atoms with Crippen molar-refractivity contribution in [2.24, 2.45) is 0 Å². The summed E-state index contributed by atoms with van der Waals surface area (Å²) in [6, 6.07) is 5.07. The minimum atomic E-state index is -0.393. The average molecular weight is 279 g/mol. The van der Waals surface area contributed by atoms with E-state index >= 15 is 0 Å². The SMILES string of the molecule is COc1c(N)cccc1C(=O)OC1CCCC(OC)C1. The summed E-state index contributed by atoms with van der Waals surface area (Å²) in [6.45, 7) is 0. The Morgan fingerprint density at radius 2 is 2.00 bits per heavy atom. The van der Waals surface area contributed by atoms with Crippen LogP contribution in [0.15, 0.2) is 18.2 Å². The molecule has 0 heterocycles. The van der Waals surface area contributed by atoms with Gasteiger partial charge in [0.25, 0.3) is 0 Å². The van der Waals surface area contributed by atoms with Gasteiger partial charge in [-0.05, 0) is 31.4 Å². The fraction of sp³-hybridized carbons (Fsp3) is 0.533. The van der Waals surface area contributed by atoms with Crippen molar-refractivity contribution < 1.29 is 19.0 Å². The van der Waals surface area contributed by atoms with Crippen molar-refractivity contribution in [2.75, 3.05) is 20.0 Å². The van der Waals surface area contributed by atoms with Crippen LogP contribution in [0.4, 0.5) is 5.69 Å². The summed E-state index contributed by atoms with van der Waals surface area (Å²) in [4.78, 5) is 12.2. The van der Waals surface area contributed by atoms with E-state index in [2.05, 4.69) is 0 Å². The van der Waals surface area contributed by atoms with E-state index in [4.69, 9.17) is 19.9 Å². The van der Waals surface area contributed by atoms with E-state index in [1.165, 1.54) is 7.11 Å². The van der Waals surface area contributed by atoms with Crippen molar-refractivity contribution in [3.63, 3.8) is 0 Å². The second-order valence-corrected chi connectivity index (χ2v) is 4.98. The van der Waals surface area contributed by atoms with E-state index in [0.29, 0.717) is 17.0 Å². The van der Waals surface area contributed by atoms with Crippen molar-refractivity contribution >= 4 is 11.7 Å². The zero-order chi connectivity index (χ0) is 14.5. The summed E-state index contributed by atoms with van der Waals surface area (Å²) in [7, 11) is 3.18. The van der Waals surface area contributed by atoms with E-state index in [9.17, 15) is 4.79 Å². The van der Waals surface area contributed by atoms with Crippen molar-refractivity contribution in [2.45, 2.75) is 37.9 Å². The first-order valence-electron chi connectivity index (χ1n) is 6.82. The van der Waals surface area contributed by atoms with Gasteiger partial charge in [0.15, 0.2) is 5.75 Å². The fourth-order valence-corrected chi connectivity index (χ4v) is 2.58. The Bertz CT molecular complexity index is 475. The molecule has 0 bridgehead atoms. The summed E-state index contributed by atoms with van der Waals surface area (Å²) in [5.41, 5.74) is 6.59. The summed E-state index contributed by atoms with van der Waals surface area (Å²) >= 11 is 0. The predicted octanol–water partition coefficient (Wildman–Crippen LogP) is 2.39. The average Bonchev–Trinajstić information content (AvgIpc) is 2.47. The molecule has 0 amide bonds. The number of para-hydroxylation sites is 1. The van der Waals surface area contributed by atoms with Crippen LogP contribution in [0, 0.1) is 0 Å². The Morgan fingerprint density at radius 3 is 2.70 bits per heavy atom. The molecule has 1 aromatic carbocycles. The van der Waals surface area contributed by atoms with Crippen LogP contribution < -0.4 is 10.5 Å². The third kappa shape index (κ3) is 3.22. The van der Waals surface area contributed by atoms with Gasteiger partial charge >= 0.3 is 5.97 Å². The monoisotopic (exact) mass is 279 g/mol. The van der Waals surface area contributed by atoms with Crippen molar-refractivity contribution in [1.29, 1.82) is 0 Å². The standard InChI is InChI=1S/C15H21NO4/c1-18-10-5-3-6-11(9-10)20-15(17)12-7-4-8-13(16)14(12)19-2/h4,7-8,10-11H,3,5-6,9,16H2,1-2H3. The van der Waals surface area contributed by atoms with Crippen LogP contribution in [-0.2, 0) is 9.47 Å². The normalized spacial score (nSPS) is 22.3. The number of methoxy groups -OCH3 is 2.